The van der Waals surface area contributed by atoms with Crippen LogP contribution < -0.4 is 4.72 Å². The van der Waals surface area contributed by atoms with Crippen LogP contribution in [0.2, 0.25) is 0 Å². The van der Waals surface area contributed by atoms with Gasteiger partial charge < -0.3 is 9.80 Å². The van der Waals surface area contributed by atoms with Crippen molar-refractivity contribution in [2.75, 3.05) is 32.7 Å². The van der Waals surface area contributed by atoms with Crippen molar-refractivity contribution in [3.8, 4) is 0 Å². The average Bonchev–Trinajstić information content (AvgIpc) is 2.61. The van der Waals surface area contributed by atoms with E-state index in [4.69, 9.17) is 0 Å². The van der Waals surface area contributed by atoms with E-state index in [9.17, 15) is 13.2 Å². The van der Waals surface area contributed by atoms with Crippen LogP contribution in [0, 0.1) is 11.8 Å². The van der Waals surface area contributed by atoms with Crippen molar-refractivity contribution in [2.24, 2.45) is 11.8 Å². The second kappa shape index (κ2) is 9.85. The quantitative estimate of drug-likeness (QED) is 0.717. The molecule has 28 heavy (non-hydrogen) atoms. The predicted octanol–water partition coefficient (Wildman–Crippen LogP) is 2.81. The Morgan fingerprint density at radius 2 is 1.68 bits per heavy atom. The maximum Gasteiger partial charge on any atom is 0.253 e. The number of nitrogens with one attached hydrogen (secondary N) is 1. The number of hydrogen-bond donors (Lipinski definition) is 1. The SMILES string of the molecule is CCN(CC)C(=O)c1ccc(S(=O)(=O)N[C@H](C)CN2C[C@H](C)C[C@@H](C)C2)cc1. The number of nitrogens with zero attached hydrogens (tertiary/aromatic N) is 2. The van der Waals surface area contributed by atoms with E-state index in [1.807, 2.05) is 20.8 Å². The van der Waals surface area contributed by atoms with Crippen LogP contribution >= 0.6 is 0 Å². The van der Waals surface area contributed by atoms with E-state index in [-0.39, 0.29) is 16.8 Å². The van der Waals surface area contributed by atoms with Gasteiger partial charge in [0.2, 0.25) is 10.0 Å². The molecule has 0 saturated carbocycles. The van der Waals surface area contributed by atoms with Crippen LogP contribution in [0.25, 0.3) is 0 Å². The summed E-state index contributed by atoms with van der Waals surface area (Å²) in [6.07, 6.45) is 1.23. The molecule has 1 saturated heterocycles. The van der Waals surface area contributed by atoms with Crippen molar-refractivity contribution < 1.29 is 13.2 Å². The maximum absolute atomic E-state index is 12.7. The van der Waals surface area contributed by atoms with Crippen LogP contribution in [0.1, 0.15) is 51.4 Å². The molecule has 0 radical (unpaired) electrons. The molecule has 1 aliphatic rings. The van der Waals surface area contributed by atoms with Crippen molar-refractivity contribution in [3.05, 3.63) is 29.8 Å². The van der Waals surface area contributed by atoms with Gasteiger partial charge in [-0.05, 0) is 63.3 Å². The number of rotatable bonds is 8. The zero-order valence-electron chi connectivity index (χ0n) is 17.8. The Kier molecular flexibility index (Phi) is 8.04. The van der Waals surface area contributed by atoms with Crippen LogP contribution in [-0.4, -0.2) is 62.9 Å². The number of carbonyl (C=O) groups is 1. The summed E-state index contributed by atoms with van der Waals surface area (Å²) < 4.78 is 28.2. The monoisotopic (exact) mass is 409 g/mol. The zero-order chi connectivity index (χ0) is 20.9. The van der Waals surface area contributed by atoms with Crippen molar-refractivity contribution >= 4 is 15.9 Å². The number of carbonyl (C=O) groups excluding carboxylic acids is 1. The number of amides is 1. The van der Waals surface area contributed by atoms with E-state index >= 15 is 0 Å². The average molecular weight is 410 g/mol. The van der Waals surface area contributed by atoms with Gasteiger partial charge in [0.1, 0.15) is 0 Å². The summed E-state index contributed by atoms with van der Waals surface area (Å²) in [6.45, 7) is 14.2. The van der Waals surface area contributed by atoms with Crippen LogP contribution in [0.4, 0.5) is 0 Å². The maximum atomic E-state index is 12.7. The van der Waals surface area contributed by atoms with Gasteiger partial charge in [-0.3, -0.25) is 4.79 Å². The van der Waals surface area contributed by atoms with Gasteiger partial charge in [0, 0.05) is 44.3 Å². The van der Waals surface area contributed by atoms with E-state index in [0.717, 1.165) is 13.1 Å². The number of piperidine rings is 1. The van der Waals surface area contributed by atoms with E-state index in [0.29, 0.717) is 37.0 Å². The minimum absolute atomic E-state index is 0.0800. The fourth-order valence-corrected chi connectivity index (χ4v) is 5.40. The number of sulfonamides is 1. The van der Waals surface area contributed by atoms with Crippen molar-refractivity contribution in [1.29, 1.82) is 0 Å². The molecule has 1 amide bonds. The second-order valence-corrected chi connectivity index (χ2v) is 9.90. The van der Waals surface area contributed by atoms with Gasteiger partial charge >= 0.3 is 0 Å². The Morgan fingerprint density at radius 1 is 1.14 bits per heavy atom. The normalized spacial score (nSPS) is 22.0. The van der Waals surface area contributed by atoms with Crippen molar-refractivity contribution in [2.45, 2.75) is 52.0 Å². The van der Waals surface area contributed by atoms with Gasteiger partial charge in [-0.1, -0.05) is 13.8 Å². The molecule has 3 atom stereocenters. The number of likely N-dealkylation sites (tertiary alicyclic amines) is 1. The molecule has 0 aromatic heterocycles. The highest BCUT2D eigenvalue weighted by Gasteiger charge is 2.25. The summed E-state index contributed by atoms with van der Waals surface area (Å²) in [5.74, 6) is 1.20. The Hall–Kier alpha value is -1.44. The zero-order valence-corrected chi connectivity index (χ0v) is 18.6. The third kappa shape index (κ3) is 6.03. The predicted molar refractivity (Wildman–Crippen MR) is 113 cm³/mol. The molecule has 2 rings (SSSR count). The van der Waals surface area contributed by atoms with Gasteiger partial charge in [0.05, 0.1) is 4.90 Å². The van der Waals surface area contributed by atoms with E-state index < -0.39 is 10.0 Å². The molecular formula is C21H35N3O3S. The lowest BCUT2D eigenvalue weighted by Gasteiger charge is -2.36. The summed E-state index contributed by atoms with van der Waals surface area (Å²) in [4.78, 5) is 16.6. The van der Waals surface area contributed by atoms with Gasteiger partial charge in [-0.2, -0.15) is 0 Å². The smallest absolute Gasteiger partial charge is 0.253 e. The number of benzene rings is 1. The standard InChI is InChI=1S/C21H35N3O3S/c1-6-24(7-2)21(25)19-8-10-20(11-9-19)28(26,27)22-18(5)15-23-13-16(3)12-17(4)14-23/h8-11,16-18,22H,6-7,12-15H2,1-5H3/t16-,17-,18-/m1/s1. The van der Waals surface area contributed by atoms with Crippen LogP contribution in [0.15, 0.2) is 29.2 Å². The van der Waals surface area contributed by atoms with Crippen LogP contribution in [0.3, 0.4) is 0 Å². The van der Waals surface area contributed by atoms with Crippen LogP contribution in [-0.2, 0) is 10.0 Å². The molecule has 0 aliphatic carbocycles. The topological polar surface area (TPSA) is 69.7 Å². The summed E-state index contributed by atoms with van der Waals surface area (Å²) >= 11 is 0. The molecule has 6 nitrogen and oxygen atoms in total. The Balaban J connectivity index is 2.01. The highest BCUT2D eigenvalue weighted by molar-refractivity contribution is 7.89. The first-order valence-corrected chi connectivity index (χ1v) is 11.8. The fourth-order valence-electron chi connectivity index (χ4n) is 4.17. The first-order valence-electron chi connectivity index (χ1n) is 10.3. The highest BCUT2D eigenvalue weighted by atomic mass is 32.2. The highest BCUT2D eigenvalue weighted by Crippen LogP contribution is 2.21. The van der Waals surface area contributed by atoms with E-state index in [1.54, 1.807) is 17.0 Å². The number of hydrogen-bond acceptors (Lipinski definition) is 4. The lowest BCUT2D eigenvalue weighted by Crippen LogP contribution is -2.46. The third-order valence-corrected chi connectivity index (χ3v) is 6.90. The molecule has 0 bridgehead atoms. The minimum atomic E-state index is -3.61. The Labute approximate surface area is 170 Å². The Morgan fingerprint density at radius 3 is 2.18 bits per heavy atom. The molecule has 1 aliphatic heterocycles. The van der Waals surface area contributed by atoms with Gasteiger partial charge in [-0.15, -0.1) is 0 Å². The Bertz CT molecular complexity index is 735. The van der Waals surface area contributed by atoms with Gasteiger partial charge in [0.25, 0.3) is 5.91 Å². The molecular weight excluding hydrogens is 374 g/mol. The molecule has 158 valence electrons. The molecule has 1 fully saturated rings. The largest absolute Gasteiger partial charge is 0.339 e. The molecule has 1 N–H and O–H groups in total. The first kappa shape index (κ1) is 22.8. The fraction of sp³-hybridized carbons (Fsp3) is 0.667. The van der Waals surface area contributed by atoms with E-state index in [1.165, 1.54) is 18.6 Å². The molecule has 0 unspecified atom stereocenters. The molecule has 0 spiro atoms. The molecule has 1 aromatic carbocycles. The summed E-state index contributed by atoms with van der Waals surface area (Å²) in [6, 6.07) is 6.02. The second-order valence-electron chi connectivity index (χ2n) is 8.19. The summed E-state index contributed by atoms with van der Waals surface area (Å²) in [7, 11) is -3.61. The summed E-state index contributed by atoms with van der Waals surface area (Å²) in [5.41, 5.74) is 0.506. The molecule has 1 aromatic rings. The lowest BCUT2D eigenvalue weighted by atomic mass is 9.92. The third-order valence-electron chi connectivity index (χ3n) is 5.30. The van der Waals surface area contributed by atoms with Gasteiger partial charge in [0.15, 0.2) is 0 Å². The van der Waals surface area contributed by atoms with Gasteiger partial charge in [-0.25, -0.2) is 13.1 Å². The minimum Gasteiger partial charge on any atom is -0.339 e. The van der Waals surface area contributed by atoms with Crippen molar-refractivity contribution in [3.63, 3.8) is 0 Å². The summed E-state index contributed by atoms with van der Waals surface area (Å²) in [5, 5.41) is 0. The first-order chi connectivity index (χ1) is 13.2. The van der Waals surface area contributed by atoms with Crippen LogP contribution in [0.5, 0.6) is 0 Å². The van der Waals surface area contributed by atoms with Crippen molar-refractivity contribution in [1.82, 2.24) is 14.5 Å². The van der Waals surface area contributed by atoms with E-state index in [2.05, 4.69) is 23.5 Å². The molecule has 1 heterocycles. The lowest BCUT2D eigenvalue weighted by molar-refractivity contribution is 0.0773. The molecule has 7 heteroatoms.